The molecule has 0 N–H and O–H groups in total. The van der Waals surface area contributed by atoms with Gasteiger partial charge in [0.2, 0.25) is 0 Å². The first-order valence-electron chi connectivity index (χ1n) is 10.5. The van der Waals surface area contributed by atoms with Gasteiger partial charge in [0.25, 0.3) is 0 Å². The lowest BCUT2D eigenvalue weighted by atomic mass is 9.78. The summed E-state index contributed by atoms with van der Waals surface area (Å²) in [4.78, 5) is 0. The van der Waals surface area contributed by atoms with E-state index >= 15 is 0 Å². The van der Waals surface area contributed by atoms with Gasteiger partial charge < -0.3 is 4.74 Å². The summed E-state index contributed by atoms with van der Waals surface area (Å²) in [6, 6.07) is 18.2. The van der Waals surface area contributed by atoms with E-state index in [1.165, 1.54) is 47.9 Å². The van der Waals surface area contributed by atoms with Crippen LogP contribution in [0.1, 0.15) is 62.5 Å². The van der Waals surface area contributed by atoms with Gasteiger partial charge in [0.15, 0.2) is 0 Å². The van der Waals surface area contributed by atoms with Crippen LogP contribution in [-0.4, -0.2) is 13.2 Å². The molecule has 0 aliphatic heterocycles. The Morgan fingerprint density at radius 3 is 2.41 bits per heavy atom. The van der Waals surface area contributed by atoms with Crippen molar-refractivity contribution < 1.29 is 4.74 Å². The maximum absolute atomic E-state index is 5.38. The zero-order chi connectivity index (χ0) is 19.1. The number of rotatable bonds is 8. The van der Waals surface area contributed by atoms with E-state index in [0.717, 1.165) is 31.1 Å². The molecule has 1 fully saturated rings. The van der Waals surface area contributed by atoms with E-state index < -0.39 is 0 Å². The van der Waals surface area contributed by atoms with Crippen LogP contribution in [0.5, 0.6) is 0 Å². The van der Waals surface area contributed by atoms with Gasteiger partial charge >= 0.3 is 0 Å². The number of benzene rings is 2. The average Bonchev–Trinajstić information content (AvgIpc) is 2.74. The van der Waals surface area contributed by atoms with E-state index in [1.54, 1.807) is 7.11 Å². The lowest BCUT2D eigenvalue weighted by molar-refractivity contribution is 0.109. The van der Waals surface area contributed by atoms with Crippen molar-refractivity contribution in [3.8, 4) is 11.1 Å². The van der Waals surface area contributed by atoms with E-state index in [0.29, 0.717) is 6.10 Å². The van der Waals surface area contributed by atoms with Crippen LogP contribution in [0.15, 0.2) is 61.2 Å². The van der Waals surface area contributed by atoms with Crippen molar-refractivity contribution in [1.82, 2.24) is 0 Å². The second-order valence-corrected chi connectivity index (χ2v) is 8.07. The van der Waals surface area contributed by atoms with Gasteiger partial charge in [0, 0.05) is 7.11 Å². The minimum Gasteiger partial charge on any atom is -0.382 e. The van der Waals surface area contributed by atoms with Crippen LogP contribution in [0, 0.1) is 5.92 Å². The normalized spacial score (nSPS) is 21.0. The Labute approximate surface area is 165 Å². The van der Waals surface area contributed by atoms with E-state index in [-0.39, 0.29) is 0 Å². The third kappa shape index (κ3) is 5.32. The smallest absolute Gasteiger partial charge is 0.0543 e. The molecule has 0 radical (unpaired) electrons. The summed E-state index contributed by atoms with van der Waals surface area (Å²) in [5, 5.41) is 0. The lowest BCUT2D eigenvalue weighted by Crippen LogP contribution is -2.11. The zero-order valence-corrected chi connectivity index (χ0v) is 17.0. The molecule has 0 spiro atoms. The van der Waals surface area contributed by atoms with Crippen LogP contribution < -0.4 is 0 Å². The number of hydrogen-bond acceptors (Lipinski definition) is 1. The van der Waals surface area contributed by atoms with E-state index in [2.05, 4.69) is 68.1 Å². The molecule has 2 aromatic carbocycles. The maximum atomic E-state index is 5.38. The molecule has 0 aromatic heterocycles. The van der Waals surface area contributed by atoms with Crippen molar-refractivity contribution in [3.05, 3.63) is 72.3 Å². The quantitative estimate of drug-likeness (QED) is 0.452. The molecule has 1 saturated carbocycles. The zero-order valence-electron chi connectivity index (χ0n) is 17.0. The molecule has 0 heterocycles. The highest BCUT2D eigenvalue weighted by atomic mass is 16.5. The molecule has 27 heavy (non-hydrogen) atoms. The van der Waals surface area contributed by atoms with Crippen LogP contribution in [0.25, 0.3) is 11.1 Å². The number of allylic oxidation sites excluding steroid dienone is 1. The van der Waals surface area contributed by atoms with E-state index in [4.69, 9.17) is 4.74 Å². The Bertz CT molecular complexity index is 707. The molecule has 1 unspecified atom stereocenters. The van der Waals surface area contributed by atoms with E-state index in [1.807, 2.05) is 0 Å². The van der Waals surface area contributed by atoms with Crippen molar-refractivity contribution >= 4 is 0 Å². The molecular weight excluding hydrogens is 328 g/mol. The molecule has 0 amide bonds. The van der Waals surface area contributed by atoms with Crippen molar-refractivity contribution in [1.29, 1.82) is 0 Å². The third-order valence-corrected chi connectivity index (χ3v) is 6.27. The molecule has 0 saturated heterocycles. The van der Waals surface area contributed by atoms with Crippen molar-refractivity contribution in [2.45, 2.75) is 63.9 Å². The molecule has 144 valence electrons. The predicted octanol–water partition coefficient (Wildman–Crippen LogP) is 7.17. The fourth-order valence-corrected chi connectivity index (χ4v) is 4.34. The van der Waals surface area contributed by atoms with E-state index in [9.17, 15) is 0 Å². The molecular formula is C26H34O. The SMILES string of the molecule is C=CC1CCC(c2ccc(-c3ccccc3CCCC(C)OC)cc2)CC1. The van der Waals surface area contributed by atoms with Crippen molar-refractivity contribution in [3.63, 3.8) is 0 Å². The van der Waals surface area contributed by atoms with Crippen molar-refractivity contribution in [2.24, 2.45) is 5.92 Å². The van der Waals surface area contributed by atoms with Gasteiger partial charge in [-0.1, -0.05) is 54.6 Å². The second kappa shape index (κ2) is 9.90. The summed E-state index contributed by atoms with van der Waals surface area (Å²) in [7, 11) is 1.80. The van der Waals surface area contributed by atoms with Gasteiger partial charge in [-0.05, 0) is 86.0 Å². The monoisotopic (exact) mass is 362 g/mol. The highest BCUT2D eigenvalue weighted by Gasteiger charge is 2.20. The van der Waals surface area contributed by atoms with Crippen molar-refractivity contribution in [2.75, 3.05) is 7.11 Å². The summed E-state index contributed by atoms with van der Waals surface area (Å²) in [6.07, 6.45) is 11.0. The highest BCUT2D eigenvalue weighted by Crippen LogP contribution is 2.37. The minimum atomic E-state index is 0.340. The first-order chi connectivity index (χ1) is 13.2. The Kier molecular flexibility index (Phi) is 7.29. The van der Waals surface area contributed by atoms with Gasteiger partial charge in [-0.3, -0.25) is 0 Å². The summed E-state index contributed by atoms with van der Waals surface area (Å²) in [5.41, 5.74) is 5.67. The number of ether oxygens (including phenoxy) is 1. The topological polar surface area (TPSA) is 9.23 Å². The van der Waals surface area contributed by atoms with Crippen LogP contribution in [-0.2, 0) is 11.2 Å². The molecule has 1 heteroatoms. The van der Waals surface area contributed by atoms with Gasteiger partial charge in [-0.25, -0.2) is 0 Å². The predicted molar refractivity (Wildman–Crippen MR) is 116 cm³/mol. The summed E-state index contributed by atoms with van der Waals surface area (Å²) in [6.45, 7) is 6.11. The van der Waals surface area contributed by atoms with Crippen LogP contribution in [0.3, 0.4) is 0 Å². The first-order valence-corrected chi connectivity index (χ1v) is 10.5. The van der Waals surface area contributed by atoms with Gasteiger partial charge in [0.1, 0.15) is 0 Å². The van der Waals surface area contributed by atoms with Gasteiger partial charge in [0.05, 0.1) is 6.10 Å². The van der Waals surface area contributed by atoms with Crippen LogP contribution >= 0.6 is 0 Å². The molecule has 2 aromatic rings. The standard InChI is InChI=1S/C26H34O/c1-4-21-12-14-22(15-13-21)23-16-18-25(19-17-23)26-11-6-5-9-24(26)10-7-8-20(2)27-3/h4-6,9,11,16-22H,1,7-8,10,12-15H2,2-3H3. The molecule has 1 atom stereocenters. The molecule has 1 aliphatic rings. The Morgan fingerprint density at radius 2 is 1.74 bits per heavy atom. The Hall–Kier alpha value is -1.86. The number of hydrogen-bond donors (Lipinski definition) is 0. The first kappa shape index (κ1) is 19.9. The highest BCUT2D eigenvalue weighted by molar-refractivity contribution is 5.67. The van der Waals surface area contributed by atoms with Gasteiger partial charge in [-0.15, -0.1) is 6.58 Å². The van der Waals surface area contributed by atoms with Crippen LogP contribution in [0.2, 0.25) is 0 Å². The summed E-state index contributed by atoms with van der Waals surface area (Å²) >= 11 is 0. The van der Waals surface area contributed by atoms with Gasteiger partial charge in [-0.2, -0.15) is 0 Å². The fraction of sp³-hybridized carbons (Fsp3) is 0.462. The number of methoxy groups -OCH3 is 1. The maximum Gasteiger partial charge on any atom is 0.0543 e. The van der Waals surface area contributed by atoms with Crippen LogP contribution in [0.4, 0.5) is 0 Å². The molecule has 3 rings (SSSR count). The molecule has 1 nitrogen and oxygen atoms in total. The molecule has 1 aliphatic carbocycles. The second-order valence-electron chi connectivity index (χ2n) is 8.07. The fourth-order valence-electron chi connectivity index (χ4n) is 4.34. The molecule has 0 bridgehead atoms. The summed E-state index contributed by atoms with van der Waals surface area (Å²) < 4.78 is 5.38. The average molecular weight is 363 g/mol. The lowest BCUT2D eigenvalue weighted by Gasteiger charge is -2.27. The Morgan fingerprint density at radius 1 is 1.04 bits per heavy atom. The minimum absolute atomic E-state index is 0.340. The third-order valence-electron chi connectivity index (χ3n) is 6.27. The number of aryl methyl sites for hydroxylation is 1. The summed E-state index contributed by atoms with van der Waals surface area (Å²) in [5.74, 6) is 1.45. The largest absolute Gasteiger partial charge is 0.382 e. The Balaban J connectivity index is 1.67.